The second-order valence-corrected chi connectivity index (χ2v) is 4.01. The second kappa shape index (κ2) is 2.78. The number of fused-ring (bicyclic) bond motifs is 1. The number of hydrogen-bond acceptors (Lipinski definition) is 1. The summed E-state index contributed by atoms with van der Waals surface area (Å²) in [4.78, 5) is 11.2. The van der Waals surface area contributed by atoms with E-state index >= 15 is 0 Å². The minimum absolute atomic E-state index is 0.234. The van der Waals surface area contributed by atoms with Crippen LogP contribution in [0.1, 0.15) is 25.7 Å². The largest absolute Gasteiger partial charge is 0.298 e. The smallest absolute Gasteiger partial charge is 0.151 e. The molecule has 62 valence electrons. The highest BCUT2D eigenvalue weighted by Crippen LogP contribution is 2.55. The number of ketones is 1. The topological polar surface area (TPSA) is 17.1 Å². The molecule has 0 aromatic carbocycles. The molecule has 2 atom stereocenters. The second-order valence-electron chi connectivity index (χ2n) is 3.74. The number of halogens is 1. The Morgan fingerprint density at radius 1 is 1.27 bits per heavy atom. The van der Waals surface area contributed by atoms with Crippen LogP contribution in [0.4, 0.5) is 0 Å². The monoisotopic (exact) mass is 172 g/mol. The molecule has 0 radical (unpaired) electrons. The highest BCUT2D eigenvalue weighted by atomic mass is 35.5. The molecule has 2 saturated carbocycles. The van der Waals surface area contributed by atoms with E-state index in [2.05, 4.69) is 0 Å². The molecule has 2 rings (SSSR count). The summed E-state index contributed by atoms with van der Waals surface area (Å²) in [5.41, 5.74) is 0. The molecule has 2 aliphatic carbocycles. The summed E-state index contributed by atoms with van der Waals surface area (Å²) in [7, 11) is 0. The van der Waals surface area contributed by atoms with Crippen LogP contribution in [0.15, 0.2) is 0 Å². The number of carbonyl (C=O) groups is 1. The lowest BCUT2D eigenvalue weighted by Gasteiger charge is -2.04. The predicted molar refractivity (Wildman–Crippen MR) is 44.7 cm³/mol. The zero-order chi connectivity index (χ0) is 7.84. The van der Waals surface area contributed by atoms with E-state index in [1.807, 2.05) is 0 Å². The molecule has 0 amide bonds. The SMILES string of the molecule is O=C(CCl)C1C2CCCCC21. The van der Waals surface area contributed by atoms with Crippen molar-refractivity contribution in [2.75, 3.05) is 5.88 Å². The molecule has 0 N–H and O–H groups in total. The molecule has 0 aromatic rings. The molecular weight excluding hydrogens is 160 g/mol. The Morgan fingerprint density at radius 2 is 1.82 bits per heavy atom. The Hall–Kier alpha value is -0.0400. The quantitative estimate of drug-likeness (QED) is 0.584. The summed E-state index contributed by atoms with van der Waals surface area (Å²) >= 11 is 5.50. The summed E-state index contributed by atoms with van der Waals surface area (Å²) < 4.78 is 0. The van der Waals surface area contributed by atoms with Crippen LogP contribution in [0.3, 0.4) is 0 Å². The van der Waals surface area contributed by atoms with E-state index in [0.717, 1.165) is 11.8 Å². The van der Waals surface area contributed by atoms with Gasteiger partial charge in [0.2, 0.25) is 0 Å². The molecular formula is C9H13ClO. The Balaban J connectivity index is 1.94. The third-order valence-corrected chi connectivity index (χ3v) is 3.42. The molecule has 0 spiro atoms. The Morgan fingerprint density at radius 3 is 2.27 bits per heavy atom. The van der Waals surface area contributed by atoms with Crippen LogP contribution in [0, 0.1) is 17.8 Å². The van der Waals surface area contributed by atoms with Crippen molar-refractivity contribution in [3.63, 3.8) is 0 Å². The van der Waals surface area contributed by atoms with Gasteiger partial charge in [0.1, 0.15) is 0 Å². The average molecular weight is 173 g/mol. The van der Waals surface area contributed by atoms with E-state index in [1.165, 1.54) is 25.7 Å². The number of rotatable bonds is 2. The van der Waals surface area contributed by atoms with Crippen molar-refractivity contribution in [2.24, 2.45) is 17.8 Å². The van der Waals surface area contributed by atoms with Crippen LogP contribution < -0.4 is 0 Å². The fourth-order valence-corrected chi connectivity index (χ4v) is 2.74. The average Bonchev–Trinajstić information content (AvgIpc) is 2.77. The third kappa shape index (κ3) is 1.20. The minimum atomic E-state index is 0.234. The van der Waals surface area contributed by atoms with Gasteiger partial charge in [0.15, 0.2) is 5.78 Å². The highest BCUT2D eigenvalue weighted by molar-refractivity contribution is 6.28. The lowest BCUT2D eigenvalue weighted by Crippen LogP contribution is -2.03. The molecule has 2 aliphatic rings. The van der Waals surface area contributed by atoms with Crippen molar-refractivity contribution < 1.29 is 4.79 Å². The maximum Gasteiger partial charge on any atom is 0.151 e. The van der Waals surface area contributed by atoms with Crippen LogP contribution in [-0.4, -0.2) is 11.7 Å². The van der Waals surface area contributed by atoms with Crippen molar-refractivity contribution in [3.8, 4) is 0 Å². The Kier molecular flexibility index (Phi) is 1.92. The van der Waals surface area contributed by atoms with E-state index in [-0.39, 0.29) is 5.88 Å². The standard InChI is InChI=1S/C9H13ClO/c10-5-8(11)9-6-3-1-2-4-7(6)9/h6-7,9H,1-5H2. The lowest BCUT2D eigenvalue weighted by atomic mass is 10.0. The summed E-state index contributed by atoms with van der Waals surface area (Å²) in [6.07, 6.45) is 5.20. The first-order valence-corrected chi connectivity index (χ1v) is 4.96. The summed E-state index contributed by atoms with van der Waals surface area (Å²) in [6.45, 7) is 0. The normalized spacial score (nSPS) is 41.4. The third-order valence-electron chi connectivity index (χ3n) is 3.16. The first-order valence-electron chi connectivity index (χ1n) is 4.43. The van der Waals surface area contributed by atoms with Gasteiger partial charge in [-0.15, -0.1) is 11.6 Å². The minimum Gasteiger partial charge on any atom is -0.298 e. The van der Waals surface area contributed by atoms with Gasteiger partial charge in [0.05, 0.1) is 5.88 Å². The van der Waals surface area contributed by atoms with Crippen LogP contribution in [-0.2, 0) is 4.79 Å². The molecule has 1 nitrogen and oxygen atoms in total. The zero-order valence-electron chi connectivity index (χ0n) is 6.55. The van der Waals surface area contributed by atoms with Crippen molar-refractivity contribution in [1.29, 1.82) is 0 Å². The summed E-state index contributed by atoms with van der Waals surface area (Å²) in [6, 6.07) is 0. The number of alkyl halides is 1. The van der Waals surface area contributed by atoms with E-state index < -0.39 is 0 Å². The number of Topliss-reactive ketones (excluding diaryl/α,β-unsaturated/α-hetero) is 1. The first kappa shape index (κ1) is 7.60. The lowest BCUT2D eigenvalue weighted by molar-refractivity contribution is -0.118. The molecule has 0 saturated heterocycles. The van der Waals surface area contributed by atoms with Crippen LogP contribution in [0.2, 0.25) is 0 Å². The van der Waals surface area contributed by atoms with Crippen LogP contribution >= 0.6 is 11.6 Å². The van der Waals surface area contributed by atoms with E-state index in [0.29, 0.717) is 11.7 Å². The number of hydrogen-bond donors (Lipinski definition) is 0. The van der Waals surface area contributed by atoms with Crippen LogP contribution in [0.25, 0.3) is 0 Å². The van der Waals surface area contributed by atoms with Crippen molar-refractivity contribution in [1.82, 2.24) is 0 Å². The fourth-order valence-electron chi connectivity index (χ4n) is 2.56. The molecule has 2 heteroatoms. The van der Waals surface area contributed by atoms with Gasteiger partial charge in [-0.05, 0) is 24.7 Å². The highest BCUT2D eigenvalue weighted by Gasteiger charge is 2.53. The summed E-state index contributed by atoms with van der Waals surface area (Å²) in [5.74, 6) is 2.36. The Labute approximate surface area is 72.1 Å². The maximum absolute atomic E-state index is 11.2. The van der Waals surface area contributed by atoms with Crippen molar-refractivity contribution in [3.05, 3.63) is 0 Å². The molecule has 0 aliphatic heterocycles. The first-order chi connectivity index (χ1) is 5.34. The molecule has 0 bridgehead atoms. The molecule has 0 aromatic heterocycles. The van der Waals surface area contributed by atoms with Gasteiger partial charge in [0.25, 0.3) is 0 Å². The maximum atomic E-state index is 11.2. The van der Waals surface area contributed by atoms with Gasteiger partial charge >= 0.3 is 0 Å². The molecule has 2 fully saturated rings. The van der Waals surface area contributed by atoms with Gasteiger partial charge < -0.3 is 0 Å². The van der Waals surface area contributed by atoms with E-state index in [4.69, 9.17) is 11.6 Å². The van der Waals surface area contributed by atoms with Crippen LogP contribution in [0.5, 0.6) is 0 Å². The number of carbonyl (C=O) groups excluding carboxylic acids is 1. The van der Waals surface area contributed by atoms with E-state index in [9.17, 15) is 4.79 Å². The molecule has 0 heterocycles. The zero-order valence-corrected chi connectivity index (χ0v) is 7.31. The van der Waals surface area contributed by atoms with Gasteiger partial charge in [0, 0.05) is 5.92 Å². The summed E-state index contributed by atoms with van der Waals surface area (Å²) in [5, 5.41) is 0. The van der Waals surface area contributed by atoms with Crippen molar-refractivity contribution in [2.45, 2.75) is 25.7 Å². The van der Waals surface area contributed by atoms with Gasteiger partial charge in [-0.25, -0.2) is 0 Å². The van der Waals surface area contributed by atoms with Gasteiger partial charge in [-0.3, -0.25) is 4.79 Å². The van der Waals surface area contributed by atoms with Gasteiger partial charge in [-0.1, -0.05) is 12.8 Å². The van der Waals surface area contributed by atoms with Crippen molar-refractivity contribution >= 4 is 17.4 Å². The van der Waals surface area contributed by atoms with Gasteiger partial charge in [-0.2, -0.15) is 0 Å². The fraction of sp³-hybridized carbons (Fsp3) is 0.889. The predicted octanol–water partition coefficient (Wildman–Crippen LogP) is 2.23. The van der Waals surface area contributed by atoms with E-state index in [1.54, 1.807) is 0 Å². The molecule has 11 heavy (non-hydrogen) atoms. The molecule has 2 unspecified atom stereocenters. The Bertz CT molecular complexity index is 166.